The third kappa shape index (κ3) is 1.97. The van der Waals surface area contributed by atoms with Gasteiger partial charge < -0.3 is 15.4 Å². The smallest absolute Gasteiger partial charge is 0.240 e. The van der Waals surface area contributed by atoms with Crippen molar-refractivity contribution in [3.05, 3.63) is 0 Å². The molecule has 0 aromatic heterocycles. The summed E-state index contributed by atoms with van der Waals surface area (Å²) in [5.41, 5.74) is 6.15. The monoisotopic (exact) mass is 238 g/mol. The molecule has 2 aliphatic heterocycles. The summed E-state index contributed by atoms with van der Waals surface area (Å²) in [6.45, 7) is 1.65. The lowest BCUT2D eigenvalue weighted by atomic mass is 9.97. The van der Waals surface area contributed by atoms with E-state index >= 15 is 0 Å². The Balaban J connectivity index is 1.65. The van der Waals surface area contributed by atoms with Crippen molar-refractivity contribution in [3.8, 4) is 0 Å². The summed E-state index contributed by atoms with van der Waals surface area (Å²) in [6, 6.07) is 0.0480. The average Bonchev–Trinajstić information content (AvgIpc) is 3.03. The molecule has 1 saturated carbocycles. The van der Waals surface area contributed by atoms with Crippen molar-refractivity contribution >= 4 is 5.91 Å². The van der Waals surface area contributed by atoms with Gasteiger partial charge in [-0.15, -0.1) is 0 Å². The van der Waals surface area contributed by atoms with Gasteiger partial charge in [-0.1, -0.05) is 12.8 Å². The number of hydrogen-bond donors (Lipinski definition) is 1. The summed E-state index contributed by atoms with van der Waals surface area (Å²) in [5.74, 6) is 0.596. The molecule has 3 rings (SSSR count). The molecule has 0 aromatic carbocycles. The summed E-state index contributed by atoms with van der Waals surface area (Å²) < 4.78 is 5.63. The fraction of sp³-hybridized carbons (Fsp3) is 0.923. The highest BCUT2D eigenvalue weighted by molar-refractivity contribution is 5.82. The molecule has 1 aliphatic carbocycles. The highest BCUT2D eigenvalue weighted by Crippen LogP contribution is 2.32. The Bertz CT molecular complexity index is 302. The SMILES string of the molecule is N[C@H](C(=O)N1CC[C@H]2OCC[C@H]21)C1CCCC1. The normalized spacial score (nSPS) is 35.2. The Morgan fingerprint density at radius 2 is 2.00 bits per heavy atom. The second kappa shape index (κ2) is 4.58. The van der Waals surface area contributed by atoms with Gasteiger partial charge in [0.15, 0.2) is 0 Å². The number of nitrogens with zero attached hydrogens (tertiary/aromatic N) is 1. The molecule has 2 N–H and O–H groups in total. The van der Waals surface area contributed by atoms with Crippen molar-refractivity contribution in [2.45, 2.75) is 56.7 Å². The molecule has 17 heavy (non-hydrogen) atoms. The van der Waals surface area contributed by atoms with Crippen LogP contribution >= 0.6 is 0 Å². The maximum absolute atomic E-state index is 12.4. The fourth-order valence-electron chi connectivity index (χ4n) is 3.68. The maximum Gasteiger partial charge on any atom is 0.240 e. The van der Waals surface area contributed by atoms with E-state index in [2.05, 4.69) is 0 Å². The van der Waals surface area contributed by atoms with Crippen molar-refractivity contribution in [3.63, 3.8) is 0 Å². The van der Waals surface area contributed by atoms with Crippen LogP contribution < -0.4 is 5.73 Å². The third-order valence-electron chi connectivity index (χ3n) is 4.71. The maximum atomic E-state index is 12.4. The van der Waals surface area contributed by atoms with E-state index in [1.54, 1.807) is 0 Å². The van der Waals surface area contributed by atoms with Gasteiger partial charge in [-0.2, -0.15) is 0 Å². The molecule has 0 radical (unpaired) electrons. The number of carbonyl (C=O) groups is 1. The first kappa shape index (κ1) is 11.5. The molecule has 0 aromatic rings. The lowest BCUT2D eigenvalue weighted by Gasteiger charge is -2.28. The molecule has 3 aliphatic rings. The topological polar surface area (TPSA) is 55.6 Å². The van der Waals surface area contributed by atoms with Gasteiger partial charge >= 0.3 is 0 Å². The van der Waals surface area contributed by atoms with Crippen molar-refractivity contribution < 1.29 is 9.53 Å². The van der Waals surface area contributed by atoms with Crippen LogP contribution in [-0.4, -0.2) is 42.1 Å². The van der Waals surface area contributed by atoms with E-state index in [1.165, 1.54) is 12.8 Å². The molecular weight excluding hydrogens is 216 g/mol. The lowest BCUT2D eigenvalue weighted by Crippen LogP contribution is -2.49. The number of ether oxygens (including phenoxy) is 1. The van der Waals surface area contributed by atoms with E-state index in [0.29, 0.717) is 12.0 Å². The number of amides is 1. The number of nitrogens with two attached hydrogens (primary N) is 1. The molecule has 0 unspecified atom stereocenters. The van der Waals surface area contributed by atoms with Crippen LogP contribution in [0, 0.1) is 5.92 Å². The third-order valence-corrected chi connectivity index (χ3v) is 4.71. The summed E-state index contributed by atoms with van der Waals surface area (Å²) >= 11 is 0. The predicted octanol–water partition coefficient (Wildman–Crippen LogP) is 0.894. The molecule has 4 heteroatoms. The highest BCUT2D eigenvalue weighted by Gasteiger charge is 2.43. The largest absolute Gasteiger partial charge is 0.376 e. The van der Waals surface area contributed by atoms with Crippen molar-refractivity contribution in [1.29, 1.82) is 0 Å². The summed E-state index contributed by atoms with van der Waals surface area (Å²) in [7, 11) is 0. The first-order chi connectivity index (χ1) is 8.27. The number of carbonyl (C=O) groups excluding carboxylic acids is 1. The minimum Gasteiger partial charge on any atom is -0.376 e. The van der Waals surface area contributed by atoms with Crippen LogP contribution in [0.5, 0.6) is 0 Å². The Hall–Kier alpha value is -0.610. The Labute approximate surface area is 102 Å². The van der Waals surface area contributed by atoms with Crippen LogP contribution in [0.4, 0.5) is 0 Å². The van der Waals surface area contributed by atoms with E-state index in [0.717, 1.165) is 38.8 Å². The van der Waals surface area contributed by atoms with Gasteiger partial charge in [0.1, 0.15) is 0 Å². The zero-order chi connectivity index (χ0) is 11.8. The molecule has 1 amide bonds. The van der Waals surface area contributed by atoms with Gasteiger partial charge in [-0.3, -0.25) is 4.79 Å². The molecule has 3 atom stereocenters. The molecule has 2 heterocycles. The van der Waals surface area contributed by atoms with Crippen molar-refractivity contribution in [2.75, 3.05) is 13.2 Å². The lowest BCUT2D eigenvalue weighted by molar-refractivity contribution is -0.134. The average molecular weight is 238 g/mol. The molecule has 0 bridgehead atoms. The number of likely N-dealkylation sites (tertiary alicyclic amines) is 1. The van der Waals surface area contributed by atoms with Gasteiger partial charge in [0.05, 0.1) is 18.2 Å². The first-order valence-electron chi connectivity index (χ1n) is 6.95. The molecule has 3 fully saturated rings. The van der Waals surface area contributed by atoms with Crippen molar-refractivity contribution in [2.24, 2.45) is 11.7 Å². The summed E-state index contributed by atoms with van der Waals surface area (Å²) in [6.07, 6.45) is 7.01. The standard InChI is InChI=1S/C13H22N2O2/c14-12(9-3-1-2-4-9)13(16)15-7-5-11-10(15)6-8-17-11/h9-12H,1-8,14H2/t10-,11-,12+/m1/s1. The Morgan fingerprint density at radius 3 is 2.76 bits per heavy atom. The van der Waals surface area contributed by atoms with Gasteiger partial charge in [0, 0.05) is 13.2 Å². The van der Waals surface area contributed by atoms with Gasteiger partial charge in [0.2, 0.25) is 5.91 Å². The minimum atomic E-state index is -0.267. The van der Waals surface area contributed by atoms with Gasteiger partial charge in [-0.25, -0.2) is 0 Å². The van der Waals surface area contributed by atoms with Gasteiger partial charge in [-0.05, 0) is 31.6 Å². The van der Waals surface area contributed by atoms with Crippen molar-refractivity contribution in [1.82, 2.24) is 4.90 Å². The molecule has 0 spiro atoms. The van der Waals surface area contributed by atoms with E-state index < -0.39 is 0 Å². The van der Waals surface area contributed by atoms with Crippen LogP contribution in [0.2, 0.25) is 0 Å². The number of rotatable bonds is 2. The number of hydrogen-bond acceptors (Lipinski definition) is 3. The second-order valence-electron chi connectivity index (χ2n) is 5.66. The van der Waals surface area contributed by atoms with Crippen LogP contribution in [0.15, 0.2) is 0 Å². The molecular formula is C13H22N2O2. The van der Waals surface area contributed by atoms with E-state index in [4.69, 9.17) is 10.5 Å². The van der Waals surface area contributed by atoms with Crippen LogP contribution in [-0.2, 0) is 9.53 Å². The Morgan fingerprint density at radius 1 is 1.24 bits per heavy atom. The van der Waals surface area contributed by atoms with E-state index in [9.17, 15) is 4.79 Å². The zero-order valence-electron chi connectivity index (χ0n) is 10.3. The molecule has 96 valence electrons. The summed E-state index contributed by atoms with van der Waals surface area (Å²) in [4.78, 5) is 14.4. The van der Waals surface area contributed by atoms with E-state index in [1.807, 2.05) is 4.90 Å². The van der Waals surface area contributed by atoms with Crippen LogP contribution in [0.1, 0.15) is 38.5 Å². The molecule has 4 nitrogen and oxygen atoms in total. The fourth-order valence-corrected chi connectivity index (χ4v) is 3.68. The quantitative estimate of drug-likeness (QED) is 0.777. The Kier molecular flexibility index (Phi) is 3.09. The van der Waals surface area contributed by atoms with Crippen LogP contribution in [0.25, 0.3) is 0 Å². The second-order valence-corrected chi connectivity index (χ2v) is 5.66. The predicted molar refractivity (Wildman–Crippen MR) is 64.4 cm³/mol. The van der Waals surface area contributed by atoms with Crippen LogP contribution in [0.3, 0.4) is 0 Å². The summed E-state index contributed by atoms with van der Waals surface area (Å²) in [5, 5.41) is 0. The zero-order valence-corrected chi connectivity index (χ0v) is 10.3. The van der Waals surface area contributed by atoms with E-state index in [-0.39, 0.29) is 18.1 Å². The minimum absolute atomic E-state index is 0.176. The molecule has 2 saturated heterocycles. The number of fused-ring (bicyclic) bond motifs is 1. The first-order valence-corrected chi connectivity index (χ1v) is 6.95. The van der Waals surface area contributed by atoms with Gasteiger partial charge in [0.25, 0.3) is 0 Å². The highest BCUT2D eigenvalue weighted by atomic mass is 16.5.